The summed E-state index contributed by atoms with van der Waals surface area (Å²) in [6.07, 6.45) is 9.26. The lowest BCUT2D eigenvalue weighted by Crippen LogP contribution is -2.43. The van der Waals surface area contributed by atoms with E-state index in [4.69, 9.17) is 4.74 Å². The molecule has 0 atom stereocenters. The van der Waals surface area contributed by atoms with E-state index in [0.29, 0.717) is 17.9 Å². The molecule has 0 aromatic carbocycles. The molecule has 2 rings (SSSR count). The van der Waals surface area contributed by atoms with Crippen molar-refractivity contribution >= 4 is 17.7 Å². The number of amides is 1. The van der Waals surface area contributed by atoms with Gasteiger partial charge in [-0.15, -0.1) is 0 Å². The minimum absolute atomic E-state index is 0.408. The Morgan fingerprint density at radius 1 is 1.14 bits per heavy atom. The highest BCUT2D eigenvalue weighted by atomic mass is 32.2. The van der Waals surface area contributed by atoms with Crippen LogP contribution in [-0.2, 0) is 9.53 Å². The van der Waals surface area contributed by atoms with Gasteiger partial charge >= 0.3 is 0 Å². The molecule has 0 spiro atoms. The van der Waals surface area contributed by atoms with Gasteiger partial charge in [0.1, 0.15) is 0 Å². The maximum Gasteiger partial charge on any atom is 0.223 e. The summed E-state index contributed by atoms with van der Waals surface area (Å²) in [4.78, 5) is 15.0. The van der Waals surface area contributed by atoms with Crippen molar-refractivity contribution in [1.29, 1.82) is 0 Å². The molecule has 1 aliphatic carbocycles. The van der Waals surface area contributed by atoms with Gasteiger partial charge in [-0.1, -0.05) is 26.2 Å². The standard InChI is InChI=1S/C17H31NO2S/c1-2-21-13-10-18(16-6-4-3-5-7-16)17(19)14-15-8-11-20-12-9-15/h15-16H,2-14H2,1H3. The number of ether oxygens (including phenoxy) is 1. The molecule has 3 nitrogen and oxygen atoms in total. The first-order valence-corrected chi connectivity index (χ1v) is 9.91. The van der Waals surface area contributed by atoms with E-state index in [-0.39, 0.29) is 0 Å². The molecule has 0 aromatic heterocycles. The Morgan fingerprint density at radius 2 is 1.86 bits per heavy atom. The largest absolute Gasteiger partial charge is 0.381 e. The molecule has 1 saturated carbocycles. The zero-order chi connectivity index (χ0) is 14.9. The molecule has 0 radical (unpaired) electrons. The normalized spacial score (nSPS) is 21.4. The lowest BCUT2D eigenvalue weighted by Gasteiger charge is -2.35. The van der Waals surface area contributed by atoms with Crippen molar-refractivity contribution in [2.45, 2.75) is 64.3 Å². The van der Waals surface area contributed by atoms with Gasteiger partial charge in [-0.2, -0.15) is 11.8 Å². The summed E-state index contributed by atoms with van der Waals surface area (Å²) in [6.45, 7) is 4.82. The van der Waals surface area contributed by atoms with Crippen LogP contribution in [0.3, 0.4) is 0 Å². The van der Waals surface area contributed by atoms with Crippen molar-refractivity contribution in [3.05, 3.63) is 0 Å². The number of carbonyl (C=O) groups is 1. The van der Waals surface area contributed by atoms with Crippen LogP contribution in [0.25, 0.3) is 0 Å². The smallest absolute Gasteiger partial charge is 0.223 e. The van der Waals surface area contributed by atoms with Gasteiger partial charge in [0.25, 0.3) is 0 Å². The van der Waals surface area contributed by atoms with Gasteiger partial charge in [0, 0.05) is 38.0 Å². The molecule has 2 fully saturated rings. The van der Waals surface area contributed by atoms with E-state index in [1.807, 2.05) is 11.8 Å². The molecule has 0 aromatic rings. The van der Waals surface area contributed by atoms with E-state index in [0.717, 1.165) is 50.5 Å². The third-order valence-electron chi connectivity index (χ3n) is 4.82. The summed E-state index contributed by atoms with van der Waals surface area (Å²) in [5, 5.41) is 0. The average molecular weight is 314 g/mol. The van der Waals surface area contributed by atoms with Crippen LogP contribution in [0.4, 0.5) is 0 Å². The van der Waals surface area contributed by atoms with Gasteiger partial charge in [0.15, 0.2) is 0 Å². The number of thioether (sulfide) groups is 1. The van der Waals surface area contributed by atoms with E-state index in [9.17, 15) is 4.79 Å². The maximum atomic E-state index is 12.8. The number of hydrogen-bond donors (Lipinski definition) is 0. The highest BCUT2D eigenvalue weighted by Gasteiger charge is 2.27. The minimum atomic E-state index is 0.408. The summed E-state index contributed by atoms with van der Waals surface area (Å²) in [5.41, 5.74) is 0. The number of nitrogens with zero attached hydrogens (tertiary/aromatic N) is 1. The van der Waals surface area contributed by atoms with Crippen molar-refractivity contribution in [1.82, 2.24) is 4.90 Å². The fourth-order valence-corrected chi connectivity index (χ4v) is 4.14. The predicted molar refractivity (Wildman–Crippen MR) is 89.7 cm³/mol. The van der Waals surface area contributed by atoms with E-state index in [1.54, 1.807) is 0 Å². The molecule has 0 unspecified atom stereocenters. The monoisotopic (exact) mass is 313 g/mol. The van der Waals surface area contributed by atoms with Crippen LogP contribution in [0.15, 0.2) is 0 Å². The predicted octanol–water partition coefficient (Wildman–Crippen LogP) is 3.72. The second-order valence-electron chi connectivity index (χ2n) is 6.34. The Balaban J connectivity index is 1.86. The molecule has 1 amide bonds. The molecule has 4 heteroatoms. The quantitative estimate of drug-likeness (QED) is 0.671. The second-order valence-corrected chi connectivity index (χ2v) is 7.73. The van der Waals surface area contributed by atoms with Gasteiger partial charge in [-0.3, -0.25) is 4.79 Å². The van der Waals surface area contributed by atoms with Gasteiger partial charge in [0.2, 0.25) is 5.91 Å². The first-order chi connectivity index (χ1) is 10.3. The van der Waals surface area contributed by atoms with Crippen molar-refractivity contribution in [2.75, 3.05) is 31.3 Å². The van der Waals surface area contributed by atoms with Crippen LogP contribution < -0.4 is 0 Å². The molecular formula is C17H31NO2S. The van der Waals surface area contributed by atoms with Gasteiger partial charge < -0.3 is 9.64 Å². The average Bonchev–Trinajstić information content (AvgIpc) is 2.53. The first kappa shape index (κ1) is 17.1. The highest BCUT2D eigenvalue weighted by Crippen LogP contribution is 2.26. The zero-order valence-corrected chi connectivity index (χ0v) is 14.3. The molecule has 122 valence electrons. The van der Waals surface area contributed by atoms with Gasteiger partial charge in [-0.25, -0.2) is 0 Å². The Hall–Kier alpha value is -0.220. The SMILES string of the molecule is CCSCCN(C(=O)CC1CCOCC1)C1CCCCC1. The Kier molecular flexibility index (Phi) is 7.94. The minimum Gasteiger partial charge on any atom is -0.381 e. The molecule has 1 aliphatic heterocycles. The first-order valence-electron chi connectivity index (χ1n) is 8.76. The third kappa shape index (κ3) is 5.82. The number of carbonyl (C=O) groups excluding carboxylic acids is 1. The van der Waals surface area contributed by atoms with Crippen molar-refractivity contribution in [3.8, 4) is 0 Å². The Bertz CT molecular complexity index is 299. The lowest BCUT2D eigenvalue weighted by molar-refractivity contribution is -0.135. The third-order valence-corrected chi connectivity index (χ3v) is 5.70. The zero-order valence-electron chi connectivity index (χ0n) is 13.5. The highest BCUT2D eigenvalue weighted by molar-refractivity contribution is 7.99. The molecular weight excluding hydrogens is 282 g/mol. The Morgan fingerprint density at radius 3 is 2.52 bits per heavy atom. The molecule has 2 aliphatic rings. The van der Waals surface area contributed by atoms with Crippen LogP contribution in [0, 0.1) is 5.92 Å². The van der Waals surface area contributed by atoms with E-state index in [1.165, 1.54) is 32.1 Å². The fraction of sp³-hybridized carbons (Fsp3) is 0.941. The number of rotatable bonds is 7. The van der Waals surface area contributed by atoms with Gasteiger partial charge in [0.05, 0.1) is 0 Å². The van der Waals surface area contributed by atoms with E-state index < -0.39 is 0 Å². The summed E-state index contributed by atoms with van der Waals surface area (Å²) in [5.74, 6) is 3.20. The fourth-order valence-electron chi connectivity index (χ4n) is 3.53. The molecule has 0 bridgehead atoms. The Labute approximate surface area is 134 Å². The lowest BCUT2D eigenvalue weighted by atomic mass is 9.92. The molecule has 0 N–H and O–H groups in total. The van der Waals surface area contributed by atoms with Crippen LogP contribution in [0.1, 0.15) is 58.3 Å². The van der Waals surface area contributed by atoms with Crippen molar-refractivity contribution in [2.24, 2.45) is 5.92 Å². The van der Waals surface area contributed by atoms with Crippen LogP contribution >= 0.6 is 11.8 Å². The van der Waals surface area contributed by atoms with Crippen molar-refractivity contribution in [3.63, 3.8) is 0 Å². The number of hydrogen-bond acceptors (Lipinski definition) is 3. The summed E-state index contributed by atoms with van der Waals surface area (Å²) in [6, 6.07) is 0.517. The molecule has 1 heterocycles. The summed E-state index contributed by atoms with van der Waals surface area (Å²) in [7, 11) is 0. The maximum absolute atomic E-state index is 12.8. The van der Waals surface area contributed by atoms with E-state index in [2.05, 4.69) is 11.8 Å². The summed E-state index contributed by atoms with van der Waals surface area (Å²) >= 11 is 1.95. The van der Waals surface area contributed by atoms with Crippen LogP contribution in [0.2, 0.25) is 0 Å². The van der Waals surface area contributed by atoms with Crippen molar-refractivity contribution < 1.29 is 9.53 Å². The van der Waals surface area contributed by atoms with Crippen LogP contribution in [0.5, 0.6) is 0 Å². The molecule has 1 saturated heterocycles. The topological polar surface area (TPSA) is 29.5 Å². The van der Waals surface area contributed by atoms with Gasteiger partial charge in [-0.05, 0) is 37.4 Å². The molecule has 21 heavy (non-hydrogen) atoms. The second kappa shape index (κ2) is 9.73. The summed E-state index contributed by atoms with van der Waals surface area (Å²) < 4.78 is 5.41. The van der Waals surface area contributed by atoms with Crippen LogP contribution in [-0.4, -0.2) is 48.1 Å². The van der Waals surface area contributed by atoms with E-state index >= 15 is 0 Å².